The van der Waals surface area contributed by atoms with Gasteiger partial charge < -0.3 is 0 Å². The minimum absolute atomic E-state index is 0.0848. The molecule has 9 heteroatoms. The van der Waals surface area contributed by atoms with E-state index in [0.29, 0.717) is 15.5 Å². The lowest BCUT2D eigenvalue weighted by Gasteiger charge is -2.02. The number of nitro groups is 1. The minimum Gasteiger partial charge on any atom is -0.258 e. The van der Waals surface area contributed by atoms with Gasteiger partial charge in [-0.15, -0.1) is 0 Å². The van der Waals surface area contributed by atoms with Crippen molar-refractivity contribution in [1.29, 1.82) is 0 Å². The average Bonchev–Trinajstić information content (AvgIpc) is 2.82. The van der Waals surface area contributed by atoms with Gasteiger partial charge in [-0.2, -0.15) is 5.10 Å². The Bertz CT molecular complexity index is 883. The second-order valence-electron chi connectivity index (χ2n) is 4.13. The summed E-state index contributed by atoms with van der Waals surface area (Å²) in [6.07, 6.45) is 1.50. The zero-order valence-corrected chi connectivity index (χ0v) is 12.5. The smallest absolute Gasteiger partial charge is 0.258 e. The fraction of sp³-hybridized carbons (Fsp3) is 0. The van der Waals surface area contributed by atoms with Crippen molar-refractivity contribution in [3.63, 3.8) is 0 Å². The van der Waals surface area contributed by atoms with Gasteiger partial charge in [0, 0.05) is 6.07 Å². The molecule has 106 valence electrons. The van der Waals surface area contributed by atoms with E-state index in [9.17, 15) is 14.5 Å². The van der Waals surface area contributed by atoms with Crippen molar-refractivity contribution in [2.75, 3.05) is 0 Å². The Morgan fingerprint density at radius 2 is 2.14 bits per heavy atom. The Labute approximate surface area is 130 Å². The van der Waals surface area contributed by atoms with Gasteiger partial charge >= 0.3 is 0 Å². The highest BCUT2D eigenvalue weighted by atomic mass is 79.9. The van der Waals surface area contributed by atoms with E-state index in [1.165, 1.54) is 23.0 Å². The summed E-state index contributed by atoms with van der Waals surface area (Å²) in [7, 11) is 0. The molecule has 0 saturated carbocycles. The van der Waals surface area contributed by atoms with Crippen molar-refractivity contribution in [2.24, 2.45) is 0 Å². The minimum atomic E-state index is -0.751. The summed E-state index contributed by atoms with van der Waals surface area (Å²) in [6, 6.07) is 4.92. The first-order valence-corrected chi connectivity index (χ1v) is 6.78. The molecular formula is C12H5BrClFN4O2. The number of hydrogen-bond acceptors (Lipinski definition) is 4. The topological polar surface area (TPSA) is 73.8 Å². The van der Waals surface area contributed by atoms with E-state index in [0.717, 1.165) is 6.07 Å². The normalized spacial score (nSPS) is 11.0. The van der Waals surface area contributed by atoms with Crippen LogP contribution >= 0.6 is 27.5 Å². The van der Waals surface area contributed by atoms with Gasteiger partial charge in [-0.05, 0) is 28.1 Å². The van der Waals surface area contributed by atoms with Crippen LogP contribution in [0.1, 0.15) is 0 Å². The SMILES string of the molecule is O=[N+]([O-])c1ccc(-n2cc3nc(Cl)cc(Br)c3n2)c(F)c1. The second kappa shape index (κ2) is 5.05. The molecule has 0 saturated heterocycles. The van der Waals surface area contributed by atoms with Gasteiger partial charge in [-0.1, -0.05) is 11.6 Å². The van der Waals surface area contributed by atoms with Gasteiger partial charge in [-0.25, -0.2) is 14.1 Å². The third kappa shape index (κ3) is 2.47. The summed E-state index contributed by atoms with van der Waals surface area (Å²) in [5.74, 6) is -0.751. The molecule has 0 bridgehead atoms. The molecule has 0 aliphatic heterocycles. The van der Waals surface area contributed by atoms with Crippen molar-refractivity contribution < 1.29 is 9.31 Å². The quantitative estimate of drug-likeness (QED) is 0.389. The number of fused-ring (bicyclic) bond motifs is 1. The summed E-state index contributed by atoms with van der Waals surface area (Å²) in [5.41, 5.74) is 0.751. The average molecular weight is 372 g/mol. The molecule has 6 nitrogen and oxygen atoms in total. The standard InChI is InChI=1S/C12H5BrClFN4O2/c13-7-4-11(14)16-9-5-18(17-12(7)9)10-2-1-6(19(20)21)3-8(10)15/h1-5H. The maximum Gasteiger partial charge on any atom is 0.272 e. The van der Waals surface area contributed by atoms with Crippen molar-refractivity contribution in [3.8, 4) is 5.69 Å². The molecule has 21 heavy (non-hydrogen) atoms. The zero-order chi connectivity index (χ0) is 15.1. The maximum absolute atomic E-state index is 14.0. The molecule has 0 atom stereocenters. The van der Waals surface area contributed by atoms with E-state index in [2.05, 4.69) is 26.0 Å². The Balaban J connectivity index is 2.17. The second-order valence-corrected chi connectivity index (χ2v) is 5.37. The van der Waals surface area contributed by atoms with Gasteiger partial charge in [0.05, 0.1) is 21.7 Å². The van der Waals surface area contributed by atoms with E-state index >= 15 is 0 Å². The van der Waals surface area contributed by atoms with Crippen molar-refractivity contribution in [2.45, 2.75) is 0 Å². The molecule has 0 radical (unpaired) electrons. The van der Waals surface area contributed by atoms with Gasteiger partial charge in [0.15, 0.2) is 5.82 Å². The third-order valence-corrected chi connectivity index (χ3v) is 3.58. The van der Waals surface area contributed by atoms with E-state index < -0.39 is 10.7 Å². The summed E-state index contributed by atoms with van der Waals surface area (Å²) in [5, 5.41) is 15.1. The fourth-order valence-corrected chi connectivity index (χ4v) is 2.69. The van der Waals surface area contributed by atoms with E-state index in [-0.39, 0.29) is 16.5 Å². The lowest BCUT2D eigenvalue weighted by molar-refractivity contribution is -0.385. The molecule has 0 aliphatic carbocycles. The number of hydrogen-bond donors (Lipinski definition) is 0. The van der Waals surface area contributed by atoms with Gasteiger partial charge in [0.25, 0.3) is 5.69 Å². The zero-order valence-electron chi connectivity index (χ0n) is 10.1. The van der Waals surface area contributed by atoms with Crippen LogP contribution in [0.2, 0.25) is 5.15 Å². The molecule has 0 amide bonds. The van der Waals surface area contributed by atoms with Gasteiger partial charge in [0.1, 0.15) is 21.9 Å². The number of benzene rings is 1. The molecule has 3 rings (SSSR count). The number of rotatable bonds is 2. The number of aromatic nitrogens is 3. The largest absolute Gasteiger partial charge is 0.272 e. The van der Waals surface area contributed by atoms with Crippen LogP contribution in [0.3, 0.4) is 0 Å². The molecule has 3 aromatic rings. The molecule has 0 N–H and O–H groups in total. The summed E-state index contributed by atoms with van der Waals surface area (Å²) in [6.45, 7) is 0. The molecular weight excluding hydrogens is 367 g/mol. The molecule has 0 spiro atoms. The number of non-ortho nitro benzene ring substituents is 1. The third-order valence-electron chi connectivity index (χ3n) is 2.78. The lowest BCUT2D eigenvalue weighted by Crippen LogP contribution is -1.99. The molecule has 0 fully saturated rings. The molecule has 2 heterocycles. The van der Waals surface area contributed by atoms with Crippen LogP contribution in [0.4, 0.5) is 10.1 Å². The highest BCUT2D eigenvalue weighted by molar-refractivity contribution is 9.10. The fourth-order valence-electron chi connectivity index (χ4n) is 1.86. The molecule has 1 aromatic carbocycles. The van der Waals surface area contributed by atoms with Crippen LogP contribution in [0.5, 0.6) is 0 Å². The first-order valence-electron chi connectivity index (χ1n) is 5.61. The van der Waals surface area contributed by atoms with Crippen LogP contribution in [-0.2, 0) is 0 Å². The summed E-state index contributed by atoms with van der Waals surface area (Å²) < 4.78 is 15.9. The Kier molecular flexibility index (Phi) is 3.34. The maximum atomic E-state index is 14.0. The van der Waals surface area contributed by atoms with Crippen LogP contribution < -0.4 is 0 Å². The number of halogens is 3. The van der Waals surface area contributed by atoms with E-state index in [1.54, 1.807) is 6.07 Å². The van der Waals surface area contributed by atoms with Crippen molar-refractivity contribution in [3.05, 3.63) is 56.0 Å². The van der Waals surface area contributed by atoms with Crippen LogP contribution in [-0.4, -0.2) is 19.7 Å². The van der Waals surface area contributed by atoms with Crippen LogP contribution in [0.15, 0.2) is 34.9 Å². The van der Waals surface area contributed by atoms with Gasteiger partial charge in [-0.3, -0.25) is 10.1 Å². The van der Waals surface area contributed by atoms with Crippen molar-refractivity contribution >= 4 is 44.3 Å². The molecule has 0 unspecified atom stereocenters. The van der Waals surface area contributed by atoms with E-state index in [4.69, 9.17) is 11.6 Å². The highest BCUT2D eigenvalue weighted by Gasteiger charge is 2.15. The number of nitro benzene ring substituents is 1. The Morgan fingerprint density at radius 1 is 1.38 bits per heavy atom. The monoisotopic (exact) mass is 370 g/mol. The van der Waals surface area contributed by atoms with Crippen LogP contribution in [0, 0.1) is 15.9 Å². The first kappa shape index (κ1) is 13.9. The van der Waals surface area contributed by atoms with Gasteiger partial charge in [0.2, 0.25) is 0 Å². The van der Waals surface area contributed by atoms with Crippen molar-refractivity contribution in [1.82, 2.24) is 14.8 Å². The Morgan fingerprint density at radius 3 is 2.81 bits per heavy atom. The molecule has 0 aliphatic rings. The predicted molar refractivity (Wildman–Crippen MR) is 78.2 cm³/mol. The number of nitrogens with zero attached hydrogens (tertiary/aromatic N) is 4. The first-order chi connectivity index (χ1) is 9.95. The summed E-state index contributed by atoms with van der Waals surface area (Å²) in [4.78, 5) is 14.0. The predicted octanol–water partition coefficient (Wildman–Crippen LogP) is 3.88. The molecule has 2 aromatic heterocycles. The summed E-state index contributed by atoms with van der Waals surface area (Å²) >= 11 is 9.14. The van der Waals surface area contributed by atoms with E-state index in [1.807, 2.05) is 0 Å². The number of pyridine rings is 1. The van der Waals surface area contributed by atoms with Crippen LogP contribution in [0.25, 0.3) is 16.7 Å². The Hall–Kier alpha value is -2.06. The lowest BCUT2D eigenvalue weighted by atomic mass is 10.2. The highest BCUT2D eigenvalue weighted by Crippen LogP contribution is 2.26.